The Morgan fingerprint density at radius 3 is 2.39 bits per heavy atom. The minimum atomic E-state index is -0.979. The van der Waals surface area contributed by atoms with E-state index in [9.17, 15) is 9.59 Å². The number of aliphatic imine (C=N–C) groups is 1. The highest BCUT2D eigenvalue weighted by Gasteiger charge is 2.24. The first-order chi connectivity index (χ1) is 18.4. The third kappa shape index (κ3) is 6.96. The molecule has 0 saturated carbocycles. The van der Waals surface area contributed by atoms with Crippen LogP contribution in [-0.4, -0.2) is 35.4 Å². The molecule has 1 aliphatic rings. The van der Waals surface area contributed by atoms with Crippen LogP contribution in [0, 0.1) is 0 Å². The topological polar surface area (TPSA) is 106 Å². The van der Waals surface area contributed by atoms with Crippen molar-refractivity contribution in [1.82, 2.24) is 5.32 Å². The highest BCUT2D eigenvalue weighted by molar-refractivity contribution is 9.10. The smallest absolute Gasteiger partial charge is 0.335 e. The number of hydrogen-bond donors (Lipinski definition) is 2. The first-order valence-corrected chi connectivity index (χ1v) is 13.4. The predicted molar refractivity (Wildman–Crippen MR) is 151 cm³/mol. The molecule has 1 saturated heterocycles. The number of ether oxygens (including phenoxy) is 3. The Balaban J connectivity index is 1.50. The molecule has 0 radical (unpaired) electrons. The van der Waals surface area contributed by atoms with Crippen molar-refractivity contribution in [2.75, 3.05) is 13.2 Å². The predicted octanol–water partition coefficient (Wildman–Crippen LogP) is 6.42. The Labute approximate surface area is 232 Å². The molecule has 0 unspecified atom stereocenters. The molecule has 4 rings (SSSR count). The quantitative estimate of drug-likeness (QED) is 0.260. The number of aromatic carboxylic acids is 1. The van der Waals surface area contributed by atoms with E-state index in [-0.39, 0.29) is 18.1 Å². The number of amides is 1. The van der Waals surface area contributed by atoms with Crippen LogP contribution in [0.25, 0.3) is 6.08 Å². The molecule has 196 valence electrons. The number of carbonyl (C=O) groups is 2. The lowest BCUT2D eigenvalue weighted by molar-refractivity contribution is -0.115. The van der Waals surface area contributed by atoms with Crippen LogP contribution in [0.5, 0.6) is 17.2 Å². The largest absolute Gasteiger partial charge is 0.494 e. The van der Waals surface area contributed by atoms with Crippen molar-refractivity contribution in [3.05, 3.63) is 86.7 Å². The summed E-state index contributed by atoms with van der Waals surface area (Å²) in [5.41, 5.74) is 2.48. The van der Waals surface area contributed by atoms with Crippen LogP contribution in [0.4, 0.5) is 5.69 Å². The first kappa shape index (κ1) is 27.3. The average molecular weight is 597 g/mol. The van der Waals surface area contributed by atoms with Crippen LogP contribution in [0.3, 0.4) is 0 Å². The lowest BCUT2D eigenvalue weighted by Crippen LogP contribution is -2.19. The summed E-state index contributed by atoms with van der Waals surface area (Å²) in [6.45, 7) is 5.03. The van der Waals surface area contributed by atoms with E-state index in [0.717, 1.165) is 16.9 Å². The number of hydrogen-bond acceptors (Lipinski definition) is 7. The molecule has 0 bridgehead atoms. The number of benzene rings is 3. The zero-order valence-electron chi connectivity index (χ0n) is 20.7. The standard InChI is InChI=1S/C28H25BrN2O6S/c1-3-35-21-11-9-20(10-12-21)30-28-31-26(32)24(38-28)15-18-13-22(29)25(23(14-18)36-4-2)37-16-17-5-7-19(8-6-17)27(33)34/h5-15H,3-4,16H2,1-2H3,(H,33,34)(H,30,31,32)/b24-15+. The van der Waals surface area contributed by atoms with Crippen LogP contribution in [0.15, 0.2) is 75.0 Å². The first-order valence-electron chi connectivity index (χ1n) is 11.8. The molecule has 1 heterocycles. The lowest BCUT2D eigenvalue weighted by Gasteiger charge is -2.15. The zero-order valence-corrected chi connectivity index (χ0v) is 23.1. The van der Waals surface area contributed by atoms with Crippen molar-refractivity contribution < 1.29 is 28.9 Å². The van der Waals surface area contributed by atoms with Gasteiger partial charge in [0, 0.05) is 0 Å². The van der Waals surface area contributed by atoms with E-state index in [0.29, 0.717) is 44.9 Å². The number of amidine groups is 1. The number of nitrogens with one attached hydrogen (secondary N) is 1. The molecule has 1 aliphatic heterocycles. The van der Waals surface area contributed by atoms with Gasteiger partial charge in [-0.2, -0.15) is 0 Å². The Morgan fingerprint density at radius 2 is 1.74 bits per heavy atom. The number of rotatable bonds is 10. The summed E-state index contributed by atoms with van der Waals surface area (Å²) in [5, 5.41) is 12.4. The second-order valence-corrected chi connectivity index (χ2v) is 9.85. The van der Waals surface area contributed by atoms with Gasteiger partial charge in [-0.3, -0.25) is 4.79 Å². The maximum atomic E-state index is 12.6. The van der Waals surface area contributed by atoms with Crippen molar-refractivity contribution >= 4 is 56.5 Å². The summed E-state index contributed by atoms with van der Waals surface area (Å²) in [5.74, 6) is 0.575. The van der Waals surface area contributed by atoms with Gasteiger partial charge in [-0.1, -0.05) is 12.1 Å². The minimum Gasteiger partial charge on any atom is -0.494 e. The Morgan fingerprint density at radius 1 is 1.03 bits per heavy atom. The summed E-state index contributed by atoms with van der Waals surface area (Å²) in [4.78, 5) is 28.7. The summed E-state index contributed by atoms with van der Waals surface area (Å²) in [6.07, 6.45) is 1.77. The molecule has 2 N–H and O–H groups in total. The van der Waals surface area contributed by atoms with Gasteiger partial charge in [0.1, 0.15) is 12.4 Å². The number of carboxylic acids is 1. The molecule has 3 aromatic rings. The average Bonchev–Trinajstić information content (AvgIpc) is 3.23. The molecule has 0 aromatic heterocycles. The summed E-state index contributed by atoms with van der Waals surface area (Å²) >= 11 is 4.81. The van der Waals surface area contributed by atoms with Crippen molar-refractivity contribution in [2.45, 2.75) is 20.5 Å². The Kier molecular flexibility index (Phi) is 9.09. The molecule has 3 aromatic carbocycles. The van der Waals surface area contributed by atoms with Gasteiger partial charge in [0.25, 0.3) is 5.91 Å². The number of carboxylic acid groups (broad SMARTS) is 1. The van der Waals surface area contributed by atoms with E-state index >= 15 is 0 Å². The third-order valence-electron chi connectivity index (χ3n) is 5.24. The fourth-order valence-corrected chi connectivity index (χ4v) is 4.92. The molecule has 10 heteroatoms. The fraction of sp³-hybridized carbons (Fsp3) is 0.179. The Hall–Kier alpha value is -3.76. The van der Waals surface area contributed by atoms with Crippen molar-refractivity contribution in [3.8, 4) is 17.2 Å². The van der Waals surface area contributed by atoms with Crippen LogP contribution in [-0.2, 0) is 11.4 Å². The Bertz CT molecular complexity index is 1390. The van der Waals surface area contributed by atoms with Gasteiger partial charge in [-0.05, 0) is 107 Å². The SMILES string of the molecule is CCOc1ccc(N=C2NC(=O)/C(=C\c3cc(Br)c(OCc4ccc(C(=O)O)cc4)c(OCC)c3)S2)cc1. The van der Waals surface area contributed by atoms with Gasteiger partial charge in [-0.15, -0.1) is 0 Å². The maximum absolute atomic E-state index is 12.6. The normalized spacial score (nSPS) is 15.0. The van der Waals surface area contributed by atoms with E-state index in [4.69, 9.17) is 19.3 Å². The van der Waals surface area contributed by atoms with E-state index in [1.807, 2.05) is 44.2 Å². The van der Waals surface area contributed by atoms with Crippen LogP contribution >= 0.6 is 27.7 Å². The van der Waals surface area contributed by atoms with Crippen LogP contribution < -0.4 is 19.5 Å². The van der Waals surface area contributed by atoms with E-state index in [1.54, 1.807) is 24.3 Å². The molecule has 0 aliphatic carbocycles. The second kappa shape index (κ2) is 12.7. The fourth-order valence-electron chi connectivity index (χ4n) is 3.51. The number of carbonyl (C=O) groups excluding carboxylic acids is 1. The second-order valence-electron chi connectivity index (χ2n) is 7.96. The molecule has 1 amide bonds. The van der Waals surface area contributed by atoms with Gasteiger partial charge in [0.05, 0.1) is 33.8 Å². The molecular formula is C28H25BrN2O6S. The molecule has 0 atom stereocenters. The molecule has 8 nitrogen and oxygen atoms in total. The van der Waals surface area contributed by atoms with Gasteiger partial charge in [-0.25, -0.2) is 9.79 Å². The van der Waals surface area contributed by atoms with Gasteiger partial charge in [0.15, 0.2) is 16.7 Å². The van der Waals surface area contributed by atoms with Crippen LogP contribution in [0.2, 0.25) is 0 Å². The number of nitrogens with zero attached hydrogens (tertiary/aromatic N) is 1. The van der Waals surface area contributed by atoms with Gasteiger partial charge in [0.2, 0.25) is 0 Å². The van der Waals surface area contributed by atoms with Crippen molar-refractivity contribution in [3.63, 3.8) is 0 Å². The van der Waals surface area contributed by atoms with Crippen molar-refractivity contribution in [2.24, 2.45) is 4.99 Å². The highest BCUT2D eigenvalue weighted by Crippen LogP contribution is 2.39. The van der Waals surface area contributed by atoms with E-state index < -0.39 is 5.97 Å². The summed E-state index contributed by atoms with van der Waals surface area (Å²) in [7, 11) is 0. The highest BCUT2D eigenvalue weighted by atomic mass is 79.9. The molecule has 38 heavy (non-hydrogen) atoms. The number of thioether (sulfide) groups is 1. The number of halogens is 1. The van der Waals surface area contributed by atoms with E-state index in [2.05, 4.69) is 26.2 Å². The molecule has 0 spiro atoms. The van der Waals surface area contributed by atoms with Gasteiger partial charge >= 0.3 is 5.97 Å². The summed E-state index contributed by atoms with van der Waals surface area (Å²) < 4.78 is 17.9. The van der Waals surface area contributed by atoms with Gasteiger partial charge < -0.3 is 24.6 Å². The van der Waals surface area contributed by atoms with E-state index in [1.165, 1.54) is 23.9 Å². The maximum Gasteiger partial charge on any atom is 0.335 e. The minimum absolute atomic E-state index is 0.212. The lowest BCUT2D eigenvalue weighted by atomic mass is 10.1. The van der Waals surface area contributed by atoms with Crippen molar-refractivity contribution in [1.29, 1.82) is 0 Å². The molecular weight excluding hydrogens is 572 g/mol. The molecule has 1 fully saturated rings. The third-order valence-corrected chi connectivity index (χ3v) is 6.74. The summed E-state index contributed by atoms with van der Waals surface area (Å²) in [6, 6.07) is 17.5. The zero-order chi connectivity index (χ0) is 27.1. The monoisotopic (exact) mass is 596 g/mol. The van der Waals surface area contributed by atoms with Crippen LogP contribution in [0.1, 0.15) is 35.3 Å².